The van der Waals surface area contributed by atoms with Gasteiger partial charge in [0.1, 0.15) is 5.82 Å². The Morgan fingerprint density at radius 2 is 1.48 bits per heavy atom. The summed E-state index contributed by atoms with van der Waals surface area (Å²) in [5.41, 5.74) is 0.734. The highest BCUT2D eigenvalue weighted by Gasteiger charge is 2.31. The Balaban J connectivity index is 2.01. The lowest BCUT2D eigenvalue weighted by Gasteiger charge is -2.18. The van der Waals surface area contributed by atoms with Crippen LogP contribution < -0.4 is 0 Å². The maximum absolute atomic E-state index is 13.2. The Morgan fingerprint density at radius 3 is 2.07 bits per heavy atom. The Labute approximate surface area is 162 Å². The standard InChI is InChI=1S/C21H16ClFO3S/c22-17-10-6-16(7-11-17)21(27(25,26)19-4-2-1-3-5-19)14-20(24)15-8-12-18(23)13-9-15/h1-13,21H,14H2/t21-/m1/s1. The fraction of sp³-hybridized carbons (Fsp3) is 0.0952. The van der Waals surface area contributed by atoms with Crippen molar-refractivity contribution in [3.05, 3.63) is 101 Å². The number of ketones is 1. The Kier molecular flexibility index (Phi) is 5.73. The van der Waals surface area contributed by atoms with Gasteiger partial charge in [0.15, 0.2) is 15.6 Å². The van der Waals surface area contributed by atoms with Crippen LogP contribution in [0.3, 0.4) is 0 Å². The van der Waals surface area contributed by atoms with Crippen molar-refractivity contribution in [1.29, 1.82) is 0 Å². The predicted molar refractivity (Wildman–Crippen MR) is 103 cm³/mol. The van der Waals surface area contributed by atoms with Crippen molar-refractivity contribution >= 4 is 27.2 Å². The van der Waals surface area contributed by atoms with Crippen LogP contribution in [0.1, 0.15) is 27.6 Å². The van der Waals surface area contributed by atoms with Gasteiger partial charge in [0.2, 0.25) is 0 Å². The van der Waals surface area contributed by atoms with Gasteiger partial charge in [0.05, 0.1) is 10.1 Å². The molecule has 0 aliphatic heterocycles. The van der Waals surface area contributed by atoms with E-state index in [1.807, 2.05) is 0 Å². The molecule has 0 unspecified atom stereocenters. The second kappa shape index (κ2) is 8.03. The quantitative estimate of drug-likeness (QED) is 0.528. The third-order valence-corrected chi connectivity index (χ3v) is 6.59. The smallest absolute Gasteiger partial charge is 0.185 e. The second-order valence-corrected chi connectivity index (χ2v) is 8.60. The molecule has 0 saturated carbocycles. The number of carbonyl (C=O) groups excluding carboxylic acids is 1. The van der Waals surface area contributed by atoms with Crippen LogP contribution >= 0.6 is 11.6 Å². The average Bonchev–Trinajstić information content (AvgIpc) is 2.68. The zero-order valence-electron chi connectivity index (χ0n) is 14.2. The van der Waals surface area contributed by atoms with Gasteiger partial charge in [-0.05, 0) is 54.1 Å². The molecule has 138 valence electrons. The minimum absolute atomic E-state index is 0.136. The predicted octanol–water partition coefficient (Wildman–Crippen LogP) is 5.27. The van der Waals surface area contributed by atoms with Gasteiger partial charge in [-0.2, -0.15) is 0 Å². The van der Waals surface area contributed by atoms with Gasteiger partial charge in [-0.1, -0.05) is 41.9 Å². The van der Waals surface area contributed by atoms with E-state index in [-0.39, 0.29) is 22.7 Å². The molecule has 0 N–H and O–H groups in total. The molecule has 3 aromatic rings. The van der Waals surface area contributed by atoms with Crippen LogP contribution in [0, 0.1) is 5.82 Å². The zero-order chi connectivity index (χ0) is 19.4. The maximum atomic E-state index is 13.2. The molecule has 0 spiro atoms. The largest absolute Gasteiger partial charge is 0.294 e. The van der Waals surface area contributed by atoms with E-state index in [0.717, 1.165) is 0 Å². The van der Waals surface area contributed by atoms with Crippen LogP contribution in [0.2, 0.25) is 5.02 Å². The molecule has 0 aliphatic rings. The van der Waals surface area contributed by atoms with Crippen LogP contribution in [0.5, 0.6) is 0 Å². The number of carbonyl (C=O) groups is 1. The number of Topliss-reactive ketones (excluding diaryl/α,β-unsaturated/α-hetero) is 1. The third-order valence-electron chi connectivity index (χ3n) is 4.23. The number of halogens is 2. The molecule has 0 aliphatic carbocycles. The summed E-state index contributed by atoms with van der Waals surface area (Å²) in [6.07, 6.45) is -0.259. The molecule has 3 aromatic carbocycles. The van der Waals surface area contributed by atoms with E-state index in [2.05, 4.69) is 0 Å². The van der Waals surface area contributed by atoms with Crippen LogP contribution in [0.25, 0.3) is 0 Å². The summed E-state index contributed by atoms with van der Waals surface area (Å²) in [7, 11) is -3.82. The second-order valence-electron chi connectivity index (χ2n) is 6.03. The summed E-state index contributed by atoms with van der Waals surface area (Å²) in [5.74, 6) is -0.841. The summed E-state index contributed by atoms with van der Waals surface area (Å²) in [6, 6.07) is 19.4. The summed E-state index contributed by atoms with van der Waals surface area (Å²) in [6.45, 7) is 0. The number of hydrogen-bond acceptors (Lipinski definition) is 3. The van der Waals surface area contributed by atoms with E-state index in [4.69, 9.17) is 11.6 Å². The molecular formula is C21H16ClFO3S. The molecule has 0 radical (unpaired) electrons. The van der Waals surface area contributed by atoms with Gasteiger partial charge in [-0.3, -0.25) is 4.79 Å². The Hall–Kier alpha value is -2.50. The molecule has 27 heavy (non-hydrogen) atoms. The summed E-state index contributed by atoms with van der Waals surface area (Å²) >= 11 is 5.91. The molecule has 0 heterocycles. The molecule has 1 atom stereocenters. The van der Waals surface area contributed by atoms with E-state index >= 15 is 0 Å². The molecular weight excluding hydrogens is 387 g/mol. The molecule has 0 bridgehead atoms. The van der Waals surface area contributed by atoms with Crippen LogP contribution in [-0.4, -0.2) is 14.2 Å². The monoisotopic (exact) mass is 402 g/mol. The summed E-state index contributed by atoms with van der Waals surface area (Å²) in [5, 5.41) is -0.603. The fourth-order valence-electron chi connectivity index (χ4n) is 2.78. The van der Waals surface area contributed by atoms with Crippen molar-refractivity contribution in [2.45, 2.75) is 16.6 Å². The molecule has 6 heteroatoms. The third kappa shape index (κ3) is 4.43. The molecule has 0 amide bonds. The van der Waals surface area contributed by atoms with Gasteiger partial charge >= 0.3 is 0 Å². The Morgan fingerprint density at radius 1 is 0.889 bits per heavy atom. The minimum Gasteiger partial charge on any atom is -0.294 e. The summed E-state index contributed by atoms with van der Waals surface area (Å²) in [4.78, 5) is 12.8. The normalized spacial score (nSPS) is 12.5. The van der Waals surface area contributed by atoms with E-state index in [9.17, 15) is 17.6 Å². The SMILES string of the molecule is O=C(C[C@H](c1ccc(Cl)cc1)S(=O)(=O)c1ccccc1)c1ccc(F)cc1. The molecule has 3 rings (SSSR count). The number of sulfone groups is 1. The van der Waals surface area contributed by atoms with Crippen molar-refractivity contribution in [2.24, 2.45) is 0 Å². The molecule has 0 aromatic heterocycles. The first-order valence-electron chi connectivity index (χ1n) is 8.21. The highest BCUT2D eigenvalue weighted by molar-refractivity contribution is 7.91. The lowest BCUT2D eigenvalue weighted by molar-refractivity contribution is 0.0980. The van der Waals surface area contributed by atoms with E-state index in [0.29, 0.717) is 10.6 Å². The van der Waals surface area contributed by atoms with Gasteiger partial charge in [-0.25, -0.2) is 12.8 Å². The first-order valence-corrected chi connectivity index (χ1v) is 10.1. The molecule has 3 nitrogen and oxygen atoms in total. The first-order chi connectivity index (χ1) is 12.9. The topological polar surface area (TPSA) is 51.2 Å². The average molecular weight is 403 g/mol. The van der Waals surface area contributed by atoms with Crippen LogP contribution in [-0.2, 0) is 9.84 Å². The van der Waals surface area contributed by atoms with Gasteiger partial charge < -0.3 is 0 Å². The van der Waals surface area contributed by atoms with Crippen molar-refractivity contribution in [1.82, 2.24) is 0 Å². The van der Waals surface area contributed by atoms with Crippen molar-refractivity contribution < 1.29 is 17.6 Å². The van der Waals surface area contributed by atoms with Crippen LogP contribution in [0.4, 0.5) is 4.39 Å². The highest BCUT2D eigenvalue weighted by Crippen LogP contribution is 2.33. The summed E-state index contributed by atoms with van der Waals surface area (Å²) < 4.78 is 39.5. The van der Waals surface area contributed by atoms with Gasteiger partial charge in [0, 0.05) is 17.0 Å². The lowest BCUT2D eigenvalue weighted by Crippen LogP contribution is -2.18. The number of hydrogen-bond donors (Lipinski definition) is 0. The van der Waals surface area contributed by atoms with Crippen LogP contribution in [0.15, 0.2) is 83.8 Å². The van der Waals surface area contributed by atoms with E-state index in [1.165, 1.54) is 36.4 Å². The van der Waals surface area contributed by atoms with Crippen molar-refractivity contribution in [3.8, 4) is 0 Å². The van der Waals surface area contributed by atoms with Crippen molar-refractivity contribution in [3.63, 3.8) is 0 Å². The minimum atomic E-state index is -3.82. The maximum Gasteiger partial charge on any atom is 0.185 e. The Bertz CT molecular complexity index is 1030. The van der Waals surface area contributed by atoms with E-state index < -0.39 is 20.9 Å². The first kappa shape index (κ1) is 19.3. The highest BCUT2D eigenvalue weighted by atomic mass is 35.5. The fourth-order valence-corrected chi connectivity index (χ4v) is 4.66. The van der Waals surface area contributed by atoms with Crippen molar-refractivity contribution in [2.75, 3.05) is 0 Å². The van der Waals surface area contributed by atoms with Gasteiger partial charge in [0.25, 0.3) is 0 Å². The lowest BCUT2D eigenvalue weighted by atomic mass is 10.0. The molecule has 0 fully saturated rings. The number of benzene rings is 3. The van der Waals surface area contributed by atoms with E-state index in [1.54, 1.807) is 42.5 Å². The van der Waals surface area contributed by atoms with Gasteiger partial charge in [-0.15, -0.1) is 0 Å². The molecule has 0 saturated heterocycles. The zero-order valence-corrected chi connectivity index (χ0v) is 15.8. The number of rotatable bonds is 6.